The minimum atomic E-state index is -3.08. The fourth-order valence-electron chi connectivity index (χ4n) is 3.27. The van der Waals surface area contributed by atoms with E-state index in [0.29, 0.717) is 19.8 Å². The average Bonchev–Trinajstić information content (AvgIpc) is 2.50. The van der Waals surface area contributed by atoms with Crippen LogP contribution in [-0.4, -0.2) is 50.2 Å². The number of sulfone groups is 1. The van der Waals surface area contributed by atoms with E-state index < -0.39 is 9.84 Å². The molecule has 1 aromatic rings. The standard InChI is InChI=1S/C20H35N3O3S/c1-18(2,3)15-12-16(23-17(22-15)19(4,5)6)21-13-20(14-27(7,24)25)8-10-26-11-9-20/h12H,8-11,13-14H2,1-7H3,(H,21,22,23). The van der Waals surface area contributed by atoms with Crippen molar-refractivity contribution in [2.24, 2.45) is 5.41 Å². The summed E-state index contributed by atoms with van der Waals surface area (Å²) in [7, 11) is -3.08. The van der Waals surface area contributed by atoms with Gasteiger partial charge < -0.3 is 10.1 Å². The van der Waals surface area contributed by atoms with Gasteiger partial charge in [-0.2, -0.15) is 0 Å². The Hall–Kier alpha value is -1.21. The largest absolute Gasteiger partial charge is 0.381 e. The lowest BCUT2D eigenvalue weighted by Crippen LogP contribution is -2.41. The van der Waals surface area contributed by atoms with E-state index in [-0.39, 0.29) is 22.0 Å². The minimum Gasteiger partial charge on any atom is -0.381 e. The molecule has 0 spiro atoms. The smallest absolute Gasteiger partial charge is 0.148 e. The van der Waals surface area contributed by atoms with Gasteiger partial charge in [0.1, 0.15) is 21.5 Å². The summed E-state index contributed by atoms with van der Waals surface area (Å²) in [4.78, 5) is 9.51. The molecule has 1 saturated heterocycles. The number of hydrogen-bond donors (Lipinski definition) is 1. The zero-order chi connectivity index (χ0) is 20.5. The number of aromatic nitrogens is 2. The van der Waals surface area contributed by atoms with E-state index in [1.165, 1.54) is 6.26 Å². The summed E-state index contributed by atoms with van der Waals surface area (Å²) in [6.07, 6.45) is 2.77. The van der Waals surface area contributed by atoms with E-state index >= 15 is 0 Å². The highest BCUT2D eigenvalue weighted by molar-refractivity contribution is 7.90. The highest BCUT2D eigenvalue weighted by Gasteiger charge is 2.36. The summed E-state index contributed by atoms with van der Waals surface area (Å²) in [5, 5.41) is 3.43. The number of rotatable bonds is 5. The number of nitrogens with one attached hydrogen (secondary N) is 1. The molecule has 1 aliphatic rings. The maximum Gasteiger partial charge on any atom is 0.148 e. The first kappa shape index (κ1) is 22.1. The van der Waals surface area contributed by atoms with Gasteiger partial charge in [0.2, 0.25) is 0 Å². The Labute approximate surface area is 164 Å². The fraction of sp³-hybridized carbons (Fsp3) is 0.800. The molecule has 0 atom stereocenters. The van der Waals surface area contributed by atoms with Gasteiger partial charge in [-0.05, 0) is 12.8 Å². The summed E-state index contributed by atoms with van der Waals surface area (Å²) >= 11 is 0. The van der Waals surface area contributed by atoms with Crippen LogP contribution in [0.25, 0.3) is 0 Å². The van der Waals surface area contributed by atoms with E-state index in [4.69, 9.17) is 14.7 Å². The average molecular weight is 398 g/mol. The molecule has 0 bridgehead atoms. The van der Waals surface area contributed by atoms with Crippen LogP contribution < -0.4 is 5.32 Å². The predicted molar refractivity (Wildman–Crippen MR) is 110 cm³/mol. The van der Waals surface area contributed by atoms with Crippen molar-refractivity contribution in [2.45, 2.75) is 65.2 Å². The number of ether oxygens (including phenoxy) is 1. The molecule has 154 valence electrons. The zero-order valence-electron chi connectivity index (χ0n) is 17.8. The van der Waals surface area contributed by atoms with E-state index in [1.807, 2.05) is 6.07 Å². The third-order valence-electron chi connectivity index (χ3n) is 4.93. The predicted octanol–water partition coefficient (Wildman–Crippen LogP) is 3.32. The molecule has 1 aromatic heterocycles. The van der Waals surface area contributed by atoms with Crippen LogP contribution in [0, 0.1) is 5.41 Å². The molecule has 6 nitrogen and oxygen atoms in total. The zero-order valence-corrected chi connectivity index (χ0v) is 18.7. The molecule has 7 heteroatoms. The van der Waals surface area contributed by atoms with Crippen LogP contribution in [0.15, 0.2) is 6.07 Å². The molecule has 0 aliphatic carbocycles. The Morgan fingerprint density at radius 3 is 2.15 bits per heavy atom. The SMILES string of the molecule is CC(C)(C)c1cc(NCC2(CS(C)(=O)=O)CCOCC2)nc(C(C)(C)C)n1. The van der Waals surface area contributed by atoms with Crippen LogP contribution >= 0.6 is 0 Å². The van der Waals surface area contributed by atoms with Crippen LogP contribution in [-0.2, 0) is 25.4 Å². The van der Waals surface area contributed by atoms with Crippen molar-refractivity contribution < 1.29 is 13.2 Å². The van der Waals surface area contributed by atoms with Crippen molar-refractivity contribution in [3.8, 4) is 0 Å². The van der Waals surface area contributed by atoms with Gasteiger partial charge in [0.25, 0.3) is 0 Å². The lowest BCUT2D eigenvalue weighted by molar-refractivity contribution is 0.0315. The first-order valence-corrected chi connectivity index (χ1v) is 11.7. The Morgan fingerprint density at radius 1 is 1.07 bits per heavy atom. The number of anilines is 1. The second kappa shape index (κ2) is 7.66. The van der Waals surface area contributed by atoms with Gasteiger partial charge in [0.05, 0.1) is 11.4 Å². The van der Waals surface area contributed by atoms with Crippen LogP contribution in [0.5, 0.6) is 0 Å². The van der Waals surface area contributed by atoms with Gasteiger partial charge in [-0.15, -0.1) is 0 Å². The minimum absolute atomic E-state index is 0.0947. The third kappa shape index (κ3) is 6.42. The van der Waals surface area contributed by atoms with E-state index in [2.05, 4.69) is 46.9 Å². The maximum absolute atomic E-state index is 12.0. The summed E-state index contributed by atoms with van der Waals surface area (Å²) in [6.45, 7) is 14.5. The van der Waals surface area contributed by atoms with Gasteiger partial charge in [-0.1, -0.05) is 41.5 Å². The molecule has 2 heterocycles. The lowest BCUT2D eigenvalue weighted by Gasteiger charge is -2.37. The maximum atomic E-state index is 12.0. The quantitative estimate of drug-likeness (QED) is 0.821. The molecule has 0 amide bonds. The summed E-state index contributed by atoms with van der Waals surface area (Å²) in [5.41, 5.74) is 0.401. The Bertz CT molecular complexity index is 723. The van der Waals surface area contributed by atoms with Crippen LogP contribution in [0.3, 0.4) is 0 Å². The number of hydrogen-bond acceptors (Lipinski definition) is 6. The molecule has 1 aliphatic heterocycles. The topological polar surface area (TPSA) is 81.2 Å². The van der Waals surface area contributed by atoms with Crippen molar-refractivity contribution in [3.63, 3.8) is 0 Å². The summed E-state index contributed by atoms with van der Waals surface area (Å²) in [6, 6.07) is 1.99. The Balaban J connectivity index is 2.31. The van der Waals surface area contributed by atoms with Crippen molar-refractivity contribution in [2.75, 3.05) is 37.1 Å². The summed E-state index contributed by atoms with van der Waals surface area (Å²) in [5.74, 6) is 1.72. The van der Waals surface area contributed by atoms with Crippen molar-refractivity contribution in [3.05, 3.63) is 17.6 Å². The highest BCUT2D eigenvalue weighted by Crippen LogP contribution is 2.33. The lowest BCUT2D eigenvalue weighted by atomic mass is 9.82. The van der Waals surface area contributed by atoms with E-state index in [1.54, 1.807) is 0 Å². The van der Waals surface area contributed by atoms with Crippen molar-refractivity contribution in [1.29, 1.82) is 0 Å². The normalized spacial score (nSPS) is 18.3. The van der Waals surface area contributed by atoms with Crippen LogP contribution in [0.2, 0.25) is 0 Å². The van der Waals surface area contributed by atoms with E-state index in [9.17, 15) is 8.42 Å². The first-order valence-electron chi connectivity index (χ1n) is 9.60. The highest BCUT2D eigenvalue weighted by atomic mass is 32.2. The second-order valence-electron chi connectivity index (χ2n) is 10.00. The fourth-order valence-corrected chi connectivity index (χ4v) is 4.77. The van der Waals surface area contributed by atoms with Crippen molar-refractivity contribution in [1.82, 2.24) is 9.97 Å². The third-order valence-corrected chi connectivity index (χ3v) is 6.07. The molecular formula is C20H35N3O3S. The van der Waals surface area contributed by atoms with Crippen LogP contribution in [0.1, 0.15) is 65.9 Å². The molecule has 27 heavy (non-hydrogen) atoms. The molecule has 0 aromatic carbocycles. The van der Waals surface area contributed by atoms with Gasteiger partial charge in [0, 0.05) is 48.3 Å². The monoisotopic (exact) mass is 397 g/mol. The molecule has 1 N–H and O–H groups in total. The van der Waals surface area contributed by atoms with Gasteiger partial charge in [-0.25, -0.2) is 18.4 Å². The molecular weight excluding hydrogens is 362 g/mol. The Morgan fingerprint density at radius 2 is 1.67 bits per heavy atom. The van der Waals surface area contributed by atoms with Crippen molar-refractivity contribution >= 4 is 15.7 Å². The second-order valence-corrected chi connectivity index (χ2v) is 12.1. The molecule has 1 fully saturated rings. The van der Waals surface area contributed by atoms with Gasteiger partial charge in [-0.3, -0.25) is 0 Å². The first-order chi connectivity index (χ1) is 12.2. The Kier molecular flexibility index (Phi) is 6.27. The molecule has 0 radical (unpaired) electrons. The molecule has 2 rings (SSSR count). The number of nitrogens with zero attached hydrogens (tertiary/aromatic N) is 2. The molecule has 0 saturated carbocycles. The van der Waals surface area contributed by atoms with Gasteiger partial charge >= 0.3 is 0 Å². The van der Waals surface area contributed by atoms with Crippen LogP contribution in [0.4, 0.5) is 5.82 Å². The van der Waals surface area contributed by atoms with E-state index in [0.717, 1.165) is 30.2 Å². The molecule has 0 unspecified atom stereocenters. The summed E-state index contributed by atoms with van der Waals surface area (Å²) < 4.78 is 29.5. The van der Waals surface area contributed by atoms with Gasteiger partial charge in [0.15, 0.2) is 0 Å².